The number of unbranched alkanes of at least 4 members (excludes halogenated alkanes) is 27. The molecule has 1 amide bonds. The van der Waals surface area contributed by atoms with E-state index in [1.807, 2.05) is 6.08 Å². The number of aliphatic hydroxyl groups is 8. The highest BCUT2D eigenvalue weighted by atomic mass is 16.7. The van der Waals surface area contributed by atoms with Crippen LogP contribution in [0.4, 0.5) is 0 Å². The maximum Gasteiger partial charge on any atom is 0.220 e. The predicted molar refractivity (Wildman–Crippen MR) is 263 cm³/mol. The molecule has 0 spiro atoms. The maximum absolute atomic E-state index is 13.1. The van der Waals surface area contributed by atoms with Gasteiger partial charge in [-0.1, -0.05) is 205 Å². The molecule has 2 aliphatic heterocycles. The van der Waals surface area contributed by atoms with E-state index in [0.717, 1.165) is 44.9 Å². The Balaban J connectivity index is 1.68. The van der Waals surface area contributed by atoms with Gasteiger partial charge in [-0.15, -0.1) is 0 Å². The summed E-state index contributed by atoms with van der Waals surface area (Å²) in [6.45, 7) is 2.70. The Labute approximate surface area is 405 Å². The summed E-state index contributed by atoms with van der Waals surface area (Å²) < 4.78 is 22.6. The third-order valence-corrected chi connectivity index (χ3v) is 13.4. The Morgan fingerprint density at radius 3 is 1.45 bits per heavy atom. The number of aliphatic hydroxyl groups excluding tert-OH is 8. The summed E-state index contributed by atoms with van der Waals surface area (Å²) in [6, 6.07) is -0.924. The minimum Gasteiger partial charge on any atom is -0.394 e. The van der Waals surface area contributed by atoms with Crippen molar-refractivity contribution in [2.45, 2.75) is 286 Å². The Morgan fingerprint density at radius 1 is 0.522 bits per heavy atom. The van der Waals surface area contributed by atoms with Gasteiger partial charge >= 0.3 is 0 Å². The largest absolute Gasteiger partial charge is 0.394 e. The lowest BCUT2D eigenvalue weighted by Gasteiger charge is -2.46. The molecule has 0 aromatic carbocycles. The van der Waals surface area contributed by atoms with Gasteiger partial charge in [0.25, 0.3) is 0 Å². The normalized spacial score (nSPS) is 26.7. The number of nitrogens with one attached hydrogen (secondary N) is 1. The summed E-state index contributed by atoms with van der Waals surface area (Å²) in [4.78, 5) is 13.1. The molecular formula is C53H99NO13. The standard InChI is InChI=1S/C53H99NO13/c1-3-5-7-9-11-13-14-15-16-17-18-19-20-21-22-23-24-25-26-27-28-29-31-33-35-37-45(58)54-41(42(57)36-34-32-30-12-10-8-6-4-2)40-64-52-50(63)48(61)51(44(39-56)66-52)67-53-49(62)47(60)46(59)43(38-55)65-53/h10,12,34,36,41-44,46-53,55-57,59-63H,3-9,11,13-33,35,37-40H2,1-2H3,(H,54,58)/b12-10+,36-34+. The van der Waals surface area contributed by atoms with E-state index in [1.165, 1.54) is 135 Å². The maximum atomic E-state index is 13.1. The van der Waals surface area contributed by atoms with E-state index in [-0.39, 0.29) is 18.9 Å². The number of carbonyl (C=O) groups excluding carboxylic acids is 1. The van der Waals surface area contributed by atoms with Gasteiger partial charge in [-0.05, 0) is 25.7 Å². The highest BCUT2D eigenvalue weighted by molar-refractivity contribution is 5.76. The molecule has 394 valence electrons. The number of rotatable bonds is 42. The summed E-state index contributed by atoms with van der Waals surface area (Å²) in [5, 5.41) is 86.5. The van der Waals surface area contributed by atoms with E-state index >= 15 is 0 Å². The van der Waals surface area contributed by atoms with Gasteiger partial charge in [-0.3, -0.25) is 4.79 Å². The molecule has 0 aliphatic carbocycles. The number of hydrogen-bond acceptors (Lipinski definition) is 13. The van der Waals surface area contributed by atoms with Crippen LogP contribution in [0.1, 0.15) is 213 Å². The number of allylic oxidation sites excluding steroid dienone is 3. The molecule has 12 atom stereocenters. The van der Waals surface area contributed by atoms with E-state index in [2.05, 4.69) is 31.3 Å². The smallest absolute Gasteiger partial charge is 0.220 e. The third kappa shape index (κ3) is 27.0. The van der Waals surface area contributed by atoms with Crippen molar-refractivity contribution >= 4 is 5.91 Å². The molecule has 2 saturated heterocycles. The first kappa shape index (κ1) is 61.6. The van der Waals surface area contributed by atoms with Crippen molar-refractivity contribution in [3.05, 3.63) is 24.3 Å². The molecular weight excluding hydrogens is 859 g/mol. The van der Waals surface area contributed by atoms with E-state index in [1.54, 1.807) is 6.08 Å². The van der Waals surface area contributed by atoms with Crippen molar-refractivity contribution in [2.24, 2.45) is 0 Å². The highest BCUT2D eigenvalue weighted by Gasteiger charge is 2.51. The number of hydrogen-bond donors (Lipinski definition) is 9. The Bertz CT molecular complexity index is 1220. The van der Waals surface area contributed by atoms with Gasteiger partial charge in [-0.2, -0.15) is 0 Å². The molecule has 2 aliphatic rings. The van der Waals surface area contributed by atoms with Gasteiger partial charge in [0.15, 0.2) is 12.6 Å². The minimum absolute atomic E-state index is 0.250. The second-order valence-electron chi connectivity index (χ2n) is 19.4. The molecule has 12 unspecified atom stereocenters. The Kier molecular flexibility index (Phi) is 36.9. The minimum atomic E-state index is -1.79. The van der Waals surface area contributed by atoms with E-state index < -0.39 is 86.8 Å². The summed E-state index contributed by atoms with van der Waals surface area (Å²) in [6.07, 6.45) is 28.4. The van der Waals surface area contributed by atoms with Crippen molar-refractivity contribution in [1.29, 1.82) is 0 Å². The quantitative estimate of drug-likeness (QED) is 0.0211. The van der Waals surface area contributed by atoms with Crippen LogP contribution in [0.5, 0.6) is 0 Å². The van der Waals surface area contributed by atoms with Gasteiger partial charge < -0.3 is 65.1 Å². The molecule has 2 heterocycles. The lowest BCUT2D eigenvalue weighted by atomic mass is 9.97. The van der Waals surface area contributed by atoms with Crippen LogP contribution >= 0.6 is 0 Å². The zero-order chi connectivity index (χ0) is 48.9. The van der Waals surface area contributed by atoms with Crippen molar-refractivity contribution < 1.29 is 64.6 Å². The average Bonchev–Trinajstić information content (AvgIpc) is 3.32. The van der Waals surface area contributed by atoms with Gasteiger partial charge in [0.1, 0.15) is 48.8 Å². The second-order valence-corrected chi connectivity index (χ2v) is 19.4. The highest BCUT2D eigenvalue weighted by Crippen LogP contribution is 2.30. The van der Waals surface area contributed by atoms with Crippen molar-refractivity contribution in [2.75, 3.05) is 19.8 Å². The SMILES string of the molecule is CCCC/C=C/CC/C=C/C(O)C(COC1OC(CO)C(OC2OC(CO)C(O)C(O)C2O)C(O)C1O)NC(=O)CCCCCCCCCCCCCCCCCCCCCCCCCCC. The summed E-state index contributed by atoms with van der Waals surface area (Å²) in [5.41, 5.74) is 0. The van der Waals surface area contributed by atoms with E-state index in [0.29, 0.717) is 12.8 Å². The summed E-state index contributed by atoms with van der Waals surface area (Å²) in [5.74, 6) is -0.250. The lowest BCUT2D eigenvalue weighted by molar-refractivity contribution is -0.359. The van der Waals surface area contributed by atoms with Gasteiger partial charge in [-0.25, -0.2) is 0 Å². The van der Waals surface area contributed by atoms with Crippen molar-refractivity contribution in [3.8, 4) is 0 Å². The van der Waals surface area contributed by atoms with Gasteiger partial charge in [0, 0.05) is 6.42 Å². The van der Waals surface area contributed by atoms with Crippen LogP contribution in [0.2, 0.25) is 0 Å². The first-order chi connectivity index (χ1) is 32.6. The summed E-state index contributed by atoms with van der Waals surface area (Å²) >= 11 is 0. The van der Waals surface area contributed by atoms with Crippen LogP contribution in [-0.2, 0) is 23.7 Å². The van der Waals surface area contributed by atoms with Crippen LogP contribution in [0.15, 0.2) is 24.3 Å². The molecule has 14 heteroatoms. The molecule has 0 radical (unpaired) electrons. The van der Waals surface area contributed by atoms with Crippen LogP contribution in [0.25, 0.3) is 0 Å². The topological polar surface area (TPSA) is 228 Å². The molecule has 0 aromatic rings. The van der Waals surface area contributed by atoms with E-state index in [4.69, 9.17) is 18.9 Å². The molecule has 2 rings (SSSR count). The number of ether oxygens (including phenoxy) is 4. The molecule has 0 aromatic heterocycles. The first-order valence-corrected chi connectivity index (χ1v) is 27.1. The molecule has 67 heavy (non-hydrogen) atoms. The fourth-order valence-corrected chi connectivity index (χ4v) is 8.94. The zero-order valence-corrected chi connectivity index (χ0v) is 41.9. The molecule has 2 fully saturated rings. The Hall–Kier alpha value is -1.53. The number of amides is 1. The zero-order valence-electron chi connectivity index (χ0n) is 41.9. The molecule has 14 nitrogen and oxygen atoms in total. The van der Waals surface area contributed by atoms with Crippen molar-refractivity contribution in [3.63, 3.8) is 0 Å². The van der Waals surface area contributed by atoms with Crippen LogP contribution in [-0.4, -0.2) is 140 Å². The second kappa shape index (κ2) is 40.1. The molecule has 0 bridgehead atoms. The van der Waals surface area contributed by atoms with Crippen LogP contribution in [0, 0.1) is 0 Å². The van der Waals surface area contributed by atoms with Gasteiger partial charge in [0.2, 0.25) is 5.91 Å². The first-order valence-electron chi connectivity index (χ1n) is 27.1. The van der Waals surface area contributed by atoms with Gasteiger partial charge in [0.05, 0.1) is 32.0 Å². The fourth-order valence-electron chi connectivity index (χ4n) is 8.94. The van der Waals surface area contributed by atoms with Crippen LogP contribution in [0.3, 0.4) is 0 Å². The third-order valence-electron chi connectivity index (χ3n) is 13.4. The lowest BCUT2D eigenvalue weighted by Crippen LogP contribution is -2.65. The van der Waals surface area contributed by atoms with Crippen molar-refractivity contribution in [1.82, 2.24) is 5.32 Å². The summed E-state index contributed by atoms with van der Waals surface area (Å²) in [7, 11) is 0. The molecule has 9 N–H and O–H groups in total. The van der Waals surface area contributed by atoms with Crippen LogP contribution < -0.4 is 5.32 Å². The average molecular weight is 958 g/mol. The monoisotopic (exact) mass is 958 g/mol. The number of carbonyl (C=O) groups is 1. The predicted octanol–water partition coefficient (Wildman–Crippen LogP) is 7.72. The molecule has 0 saturated carbocycles. The fraction of sp³-hybridized carbons (Fsp3) is 0.906. The Morgan fingerprint density at radius 2 is 0.955 bits per heavy atom. The van der Waals surface area contributed by atoms with E-state index in [9.17, 15) is 45.6 Å².